The van der Waals surface area contributed by atoms with Crippen LogP contribution in [-0.2, 0) is 22.6 Å². The summed E-state index contributed by atoms with van der Waals surface area (Å²) in [5.74, 6) is -12.7. The first-order valence-electron chi connectivity index (χ1n) is 15.6. The molecule has 4 aromatic rings. The van der Waals surface area contributed by atoms with Crippen LogP contribution in [0.15, 0.2) is 78.9 Å². The molecule has 2 aliphatic heterocycles. The summed E-state index contributed by atoms with van der Waals surface area (Å²) >= 11 is 0. The highest BCUT2D eigenvalue weighted by molar-refractivity contribution is 6.04. The van der Waals surface area contributed by atoms with Crippen LogP contribution in [-0.4, -0.2) is 59.6 Å². The summed E-state index contributed by atoms with van der Waals surface area (Å²) in [5.41, 5.74) is 2.05. The maximum atomic E-state index is 14.2. The van der Waals surface area contributed by atoms with Crippen molar-refractivity contribution in [3.05, 3.63) is 136 Å². The lowest BCUT2D eigenvalue weighted by Crippen LogP contribution is -2.49. The van der Waals surface area contributed by atoms with E-state index in [-0.39, 0.29) is 24.5 Å². The van der Waals surface area contributed by atoms with Gasteiger partial charge in [-0.1, -0.05) is 66.7 Å². The molecule has 7 nitrogen and oxygen atoms in total. The van der Waals surface area contributed by atoms with Crippen LogP contribution in [0.5, 0.6) is 0 Å². The quantitative estimate of drug-likeness (QED) is 0.121. The molecule has 6 rings (SSSR count). The van der Waals surface area contributed by atoms with Crippen LogP contribution in [0, 0.1) is 29.1 Å². The molecule has 0 saturated carbocycles. The first-order valence-corrected chi connectivity index (χ1v) is 15.6. The molecule has 2 fully saturated rings. The van der Waals surface area contributed by atoms with E-state index in [0.29, 0.717) is 18.5 Å². The average molecular weight is 668 g/mol. The fraction of sp³-hybridized carbons (Fsp3) is 0.306. The lowest BCUT2D eigenvalue weighted by molar-refractivity contribution is -0.253. The smallest absolute Gasteiger partial charge is 0.261 e. The van der Waals surface area contributed by atoms with Gasteiger partial charge in [0, 0.05) is 56.9 Å². The van der Waals surface area contributed by atoms with Crippen LogP contribution in [0.25, 0.3) is 0 Å². The molecule has 2 aliphatic rings. The zero-order valence-electron chi connectivity index (χ0n) is 25.9. The number of benzene rings is 4. The molecule has 0 bridgehead atoms. The van der Waals surface area contributed by atoms with Crippen molar-refractivity contribution in [2.24, 2.45) is 0 Å². The Morgan fingerprint density at radius 2 is 1.29 bits per heavy atom. The molecule has 2 heterocycles. The molecular weight excluding hydrogens is 633 g/mol. The first-order chi connectivity index (χ1) is 23.2. The predicted octanol–water partition coefficient (Wildman–Crippen LogP) is 6.49. The zero-order valence-corrected chi connectivity index (χ0v) is 25.9. The zero-order chi connectivity index (χ0) is 33.8. The van der Waals surface area contributed by atoms with Crippen LogP contribution in [0.1, 0.15) is 51.4 Å². The number of nitrogens with one attached hydrogen (secondary N) is 1. The summed E-state index contributed by atoms with van der Waals surface area (Å²) in [6.45, 7) is 5.10. The highest BCUT2D eigenvalue weighted by Crippen LogP contribution is 2.38. The number of ether oxygens (including phenoxy) is 2. The standard InChI is InChI=1S/C36H34F5N3O4/c37-30-29(31(38)33(40)34(41)32(30)39)35(46)42-26-12-10-25(11-13-26)36-47-27(18-28(48-36)24-8-6-23(21-45)7-9-24)20-44-16-14-43(15-17-44)19-22-4-2-1-3-5-22/h1-13,27-28,36,45H,14-21H2,(H,42,46)/t27-,28+,36+/m0/s1. The Morgan fingerprint density at radius 1 is 0.708 bits per heavy atom. The summed E-state index contributed by atoms with van der Waals surface area (Å²) in [7, 11) is 0. The summed E-state index contributed by atoms with van der Waals surface area (Å²) in [5, 5.41) is 11.7. The van der Waals surface area contributed by atoms with Crippen molar-refractivity contribution in [1.29, 1.82) is 0 Å². The van der Waals surface area contributed by atoms with E-state index in [0.717, 1.165) is 43.9 Å². The van der Waals surface area contributed by atoms with Gasteiger partial charge < -0.3 is 19.9 Å². The van der Waals surface area contributed by atoms with Gasteiger partial charge in [0.1, 0.15) is 5.56 Å². The number of hydrogen-bond donors (Lipinski definition) is 2. The van der Waals surface area contributed by atoms with E-state index in [1.54, 1.807) is 12.1 Å². The van der Waals surface area contributed by atoms with Gasteiger partial charge in [-0.05, 0) is 28.8 Å². The van der Waals surface area contributed by atoms with Crippen molar-refractivity contribution < 1.29 is 41.3 Å². The van der Waals surface area contributed by atoms with E-state index in [9.17, 15) is 31.9 Å². The van der Waals surface area contributed by atoms with Gasteiger partial charge in [0.15, 0.2) is 29.6 Å². The van der Waals surface area contributed by atoms with E-state index in [1.165, 1.54) is 17.7 Å². The van der Waals surface area contributed by atoms with Gasteiger partial charge in [0.05, 0.1) is 18.8 Å². The second-order valence-electron chi connectivity index (χ2n) is 11.9. The number of nitrogens with zero attached hydrogens (tertiary/aromatic N) is 2. The van der Waals surface area contributed by atoms with Crippen LogP contribution < -0.4 is 5.32 Å². The second kappa shape index (κ2) is 14.9. The number of piperazine rings is 1. The predicted molar refractivity (Wildman–Crippen MR) is 167 cm³/mol. The molecule has 0 aliphatic carbocycles. The highest BCUT2D eigenvalue weighted by atomic mass is 19.2. The average Bonchev–Trinajstić information content (AvgIpc) is 3.11. The Kier molecular flexibility index (Phi) is 10.5. The van der Waals surface area contributed by atoms with Gasteiger partial charge in [-0.2, -0.15) is 0 Å². The Hall–Kier alpha value is -4.20. The van der Waals surface area contributed by atoms with Gasteiger partial charge in [0.25, 0.3) is 5.91 Å². The van der Waals surface area contributed by atoms with E-state index in [4.69, 9.17) is 9.47 Å². The molecule has 0 aromatic heterocycles. The van der Waals surface area contributed by atoms with E-state index in [2.05, 4.69) is 27.2 Å². The van der Waals surface area contributed by atoms with E-state index < -0.39 is 46.8 Å². The van der Waals surface area contributed by atoms with Crippen molar-refractivity contribution >= 4 is 11.6 Å². The molecule has 0 radical (unpaired) electrons. The molecule has 12 heteroatoms. The molecule has 1 amide bonds. The third-order valence-corrected chi connectivity index (χ3v) is 8.67. The van der Waals surface area contributed by atoms with Crippen LogP contribution in [0.2, 0.25) is 0 Å². The van der Waals surface area contributed by atoms with Crippen molar-refractivity contribution in [2.75, 3.05) is 38.0 Å². The summed E-state index contributed by atoms with van der Waals surface area (Å²) in [6, 6.07) is 23.9. The van der Waals surface area contributed by atoms with Crippen molar-refractivity contribution in [2.45, 2.75) is 38.1 Å². The molecular formula is C36H34F5N3O4. The van der Waals surface area contributed by atoms with Crippen molar-refractivity contribution in [3.8, 4) is 0 Å². The summed E-state index contributed by atoms with van der Waals surface area (Å²) < 4.78 is 81.9. The van der Waals surface area contributed by atoms with Crippen molar-refractivity contribution in [3.63, 3.8) is 0 Å². The monoisotopic (exact) mass is 667 g/mol. The minimum Gasteiger partial charge on any atom is -0.392 e. The van der Waals surface area contributed by atoms with Crippen LogP contribution in [0.3, 0.4) is 0 Å². The number of rotatable bonds is 9. The number of anilines is 1. The highest BCUT2D eigenvalue weighted by Gasteiger charge is 2.34. The molecule has 48 heavy (non-hydrogen) atoms. The minimum absolute atomic E-state index is 0.0598. The number of amides is 1. The molecule has 252 valence electrons. The topological polar surface area (TPSA) is 74.3 Å². The lowest BCUT2D eigenvalue weighted by atomic mass is 9.99. The molecule has 0 unspecified atom stereocenters. The first kappa shape index (κ1) is 33.7. The number of aliphatic hydroxyl groups excluding tert-OH is 1. The fourth-order valence-electron chi connectivity index (χ4n) is 6.01. The normalized spacial score (nSPS) is 20.5. The molecule has 0 spiro atoms. The molecule has 2 saturated heterocycles. The number of carbonyl (C=O) groups excluding carboxylic acids is 1. The third-order valence-electron chi connectivity index (χ3n) is 8.67. The minimum atomic E-state index is -2.34. The van der Waals surface area contributed by atoms with Gasteiger partial charge in [-0.25, -0.2) is 22.0 Å². The van der Waals surface area contributed by atoms with Crippen LogP contribution >= 0.6 is 0 Å². The second-order valence-corrected chi connectivity index (χ2v) is 11.9. The number of hydrogen-bond acceptors (Lipinski definition) is 6. The van der Waals surface area contributed by atoms with Crippen molar-refractivity contribution in [1.82, 2.24) is 9.80 Å². The molecule has 2 N–H and O–H groups in total. The number of halogens is 5. The summed E-state index contributed by atoms with van der Waals surface area (Å²) in [4.78, 5) is 17.3. The Labute approximate surface area is 274 Å². The third kappa shape index (κ3) is 7.58. The maximum Gasteiger partial charge on any atom is 0.261 e. The van der Waals surface area contributed by atoms with Crippen LogP contribution in [0.4, 0.5) is 27.6 Å². The van der Waals surface area contributed by atoms with E-state index >= 15 is 0 Å². The van der Waals surface area contributed by atoms with Gasteiger partial charge >= 0.3 is 0 Å². The van der Waals surface area contributed by atoms with Gasteiger partial charge in [-0.15, -0.1) is 0 Å². The fourth-order valence-corrected chi connectivity index (χ4v) is 6.01. The Morgan fingerprint density at radius 3 is 1.92 bits per heavy atom. The van der Waals surface area contributed by atoms with Gasteiger partial charge in [0.2, 0.25) is 5.82 Å². The number of carbonyl (C=O) groups is 1. The largest absolute Gasteiger partial charge is 0.392 e. The SMILES string of the molecule is O=C(Nc1ccc([C@@H]2O[C@H](CN3CCN(Cc4ccccc4)CC3)C[C@H](c3ccc(CO)cc3)O2)cc1)c1c(F)c(F)c(F)c(F)c1F. The molecule has 4 aromatic carbocycles. The number of aliphatic hydroxyl groups is 1. The van der Waals surface area contributed by atoms with Gasteiger partial charge in [-0.3, -0.25) is 14.6 Å². The molecule has 3 atom stereocenters. The lowest BCUT2D eigenvalue weighted by Gasteiger charge is -2.40. The Bertz CT molecular complexity index is 1690. The van der Waals surface area contributed by atoms with E-state index in [1.807, 2.05) is 42.5 Å². The summed E-state index contributed by atoms with van der Waals surface area (Å²) in [6.07, 6.45) is -0.726. The Balaban J connectivity index is 1.14. The maximum absolute atomic E-state index is 14.2.